The molecule has 0 aromatic carbocycles. The maximum Gasteiger partial charge on any atom is 0 e. The first-order valence-electron chi connectivity index (χ1n) is 3.11. The summed E-state index contributed by atoms with van der Waals surface area (Å²) in [5.74, 6) is 0. The van der Waals surface area contributed by atoms with Gasteiger partial charge in [0.15, 0.2) is 0 Å². The molecule has 0 saturated heterocycles. The predicted octanol–water partition coefficient (Wildman–Crippen LogP) is 3.53. The zero-order valence-electron chi connectivity index (χ0n) is 7.62. The number of hydrogen-bond donors (Lipinski definition) is 0. The Balaban J connectivity index is -0.0000000327. The summed E-state index contributed by atoms with van der Waals surface area (Å²) in [7, 11) is 0. The number of rotatable bonds is 0. The third-order valence-electron chi connectivity index (χ3n) is 1.61. The van der Waals surface area contributed by atoms with Crippen LogP contribution in [0.5, 0.6) is 0 Å². The average Bonchev–Trinajstić information content (AvgIpc) is 1.69. The van der Waals surface area contributed by atoms with Crippen molar-refractivity contribution in [2.75, 3.05) is 0 Å². The summed E-state index contributed by atoms with van der Waals surface area (Å²) in [6, 6.07) is 0.286. The number of hydrogen-bond acceptors (Lipinski definition) is 0. The molecule has 0 amide bonds. The van der Waals surface area contributed by atoms with Gasteiger partial charge in [0.25, 0.3) is 0 Å². The van der Waals surface area contributed by atoms with Crippen LogP contribution in [0.25, 0.3) is 11.9 Å². The molecule has 3 N–H and O–H groups in total. The molecule has 0 atom stereocenters. The van der Waals surface area contributed by atoms with E-state index in [1.807, 2.05) is 0 Å². The van der Waals surface area contributed by atoms with E-state index in [1.165, 1.54) is 19.3 Å². The van der Waals surface area contributed by atoms with Crippen molar-refractivity contribution in [3.8, 4) is 0 Å². The second-order valence-electron chi connectivity index (χ2n) is 2.33. The minimum atomic E-state index is 0. The second kappa shape index (κ2) is 19.0. The molecule has 0 aliphatic heterocycles. The van der Waals surface area contributed by atoms with E-state index in [2.05, 4.69) is 0 Å². The molecule has 2 nitrogen and oxygen atoms in total. The van der Waals surface area contributed by atoms with Gasteiger partial charge in [-0.2, -0.15) is 0 Å². The van der Waals surface area contributed by atoms with E-state index >= 15 is 0 Å². The van der Waals surface area contributed by atoms with E-state index in [1.54, 1.807) is 0 Å². The normalized spacial score (nSPS) is 14.8. The van der Waals surface area contributed by atoms with Gasteiger partial charge in [-0.1, -0.05) is 32.1 Å². The first-order valence-corrected chi connectivity index (χ1v) is 3.11. The molecule has 1 aliphatic rings. The second-order valence-corrected chi connectivity index (χ2v) is 2.33. The van der Waals surface area contributed by atoms with Gasteiger partial charge >= 0.3 is 0 Å². The van der Waals surface area contributed by atoms with Gasteiger partial charge in [0.05, 0.1) is 0 Å². The van der Waals surface area contributed by atoms with E-state index in [0.717, 1.165) is 12.8 Å². The first-order chi connectivity index (χ1) is 3.39. The molecule has 0 unspecified atom stereocenters. The Hall–Kier alpha value is 2.30. The molecule has 0 aromatic rings. The predicted molar refractivity (Wildman–Crippen MR) is 42.9 cm³/mol. The largest absolute Gasteiger partial charge is 0.693 e. The van der Waals surface area contributed by atoms with Crippen LogP contribution in [0.3, 0.4) is 0 Å². The van der Waals surface area contributed by atoms with Gasteiger partial charge in [-0.3, -0.25) is 0 Å². The Morgan fingerprint density at radius 3 is 1.50 bits per heavy atom. The van der Waals surface area contributed by atoms with Gasteiger partial charge in [0.1, 0.15) is 0 Å². The van der Waals surface area contributed by atoms with Crippen LogP contribution in [-0.2, 0) is 72.3 Å². The molecule has 0 aromatic heterocycles. The van der Waals surface area contributed by atoms with Gasteiger partial charge in [0.2, 0.25) is 0 Å². The van der Waals surface area contributed by atoms with Crippen LogP contribution in [0.1, 0.15) is 32.1 Å². The van der Waals surface area contributed by atoms with Crippen molar-refractivity contribution < 1.29 is 72.3 Å². The van der Waals surface area contributed by atoms with Crippen molar-refractivity contribution in [2.24, 2.45) is 0 Å². The SMILES string of the molecule is [CH3-].[NH-]C1CCCCC1.[NH2-].[V].[W].[Y]. The number of nitrogens with two attached hydrogens (primary N) is 1. The third kappa shape index (κ3) is 14.8. The van der Waals surface area contributed by atoms with Crippen LogP contribution < -0.4 is 0 Å². The minimum absolute atomic E-state index is 0. The van der Waals surface area contributed by atoms with Crippen molar-refractivity contribution in [2.45, 2.75) is 38.1 Å². The summed E-state index contributed by atoms with van der Waals surface area (Å²) in [5, 5.41) is 0. The molecule has 0 bridgehead atoms. The van der Waals surface area contributed by atoms with Crippen LogP contribution in [-0.4, -0.2) is 6.04 Å². The van der Waals surface area contributed by atoms with E-state index < -0.39 is 0 Å². The van der Waals surface area contributed by atoms with Crippen molar-refractivity contribution in [3.63, 3.8) is 0 Å². The molecule has 0 heterocycles. The Morgan fingerprint density at radius 1 is 1.00 bits per heavy atom. The van der Waals surface area contributed by atoms with Crippen molar-refractivity contribution in [1.82, 2.24) is 0 Å². The fraction of sp³-hybridized carbons (Fsp3) is 0.857. The van der Waals surface area contributed by atoms with Crippen LogP contribution >= 0.6 is 0 Å². The molecule has 72 valence electrons. The smallest absolute Gasteiger partial charge is 0 e. The van der Waals surface area contributed by atoms with Crippen LogP contribution in [0.15, 0.2) is 0 Å². The molecule has 12 heavy (non-hydrogen) atoms. The van der Waals surface area contributed by atoms with Crippen LogP contribution in [0, 0.1) is 7.43 Å². The zero-order chi connectivity index (χ0) is 5.11. The van der Waals surface area contributed by atoms with E-state index in [4.69, 9.17) is 5.73 Å². The molecule has 1 rings (SSSR count). The van der Waals surface area contributed by atoms with E-state index in [-0.39, 0.29) is 91.9 Å². The fourth-order valence-electron chi connectivity index (χ4n) is 1.10. The number of nitrogens with one attached hydrogen (secondary N) is 1. The van der Waals surface area contributed by atoms with Crippen LogP contribution in [0.2, 0.25) is 0 Å². The van der Waals surface area contributed by atoms with E-state index in [0.29, 0.717) is 0 Å². The topological polar surface area (TPSA) is 57.3 Å². The summed E-state index contributed by atoms with van der Waals surface area (Å²) in [5.41, 5.74) is 7.27. The van der Waals surface area contributed by atoms with Gasteiger partial charge in [-0.25, -0.2) is 0 Å². The summed E-state index contributed by atoms with van der Waals surface area (Å²) in [6.07, 6.45) is 6.28. The Bertz CT molecular complexity index is 63.4. The summed E-state index contributed by atoms with van der Waals surface area (Å²) in [4.78, 5) is 0. The third-order valence-corrected chi connectivity index (χ3v) is 1.61. The molecule has 1 fully saturated rings. The maximum absolute atomic E-state index is 7.27. The summed E-state index contributed by atoms with van der Waals surface area (Å²) >= 11 is 0. The molecule has 0 spiro atoms. The monoisotopic (exact) mass is 453 g/mol. The molecular formula is C7H17N2VWY-3. The van der Waals surface area contributed by atoms with Crippen molar-refractivity contribution in [3.05, 3.63) is 19.3 Å². The standard InChI is InChI=1S/C6H12N.CH3.H2N.V.W.Y/c7-6-4-2-1-3-5-6;;;;;/h6-7H,1-5H2;1H3;1H2;;;/q3*-1;;;. The molecule has 1 aliphatic carbocycles. The Labute approximate surface area is 128 Å². The van der Waals surface area contributed by atoms with Crippen molar-refractivity contribution >= 4 is 0 Å². The first kappa shape index (κ1) is 29.2. The van der Waals surface area contributed by atoms with Crippen molar-refractivity contribution in [1.29, 1.82) is 0 Å². The molecule has 2 radical (unpaired) electrons. The molecule has 1 saturated carbocycles. The summed E-state index contributed by atoms with van der Waals surface area (Å²) in [6.45, 7) is 0. The fourth-order valence-corrected chi connectivity index (χ4v) is 1.10. The van der Waals surface area contributed by atoms with Gasteiger partial charge in [-0.05, 0) is 0 Å². The van der Waals surface area contributed by atoms with Gasteiger partial charge in [-0.15, -0.1) is 6.04 Å². The zero-order valence-corrected chi connectivity index (χ0v) is 14.8. The minimum Gasteiger partial charge on any atom is -0.693 e. The molecule has 5 heteroatoms. The van der Waals surface area contributed by atoms with Crippen LogP contribution in [0.4, 0.5) is 0 Å². The Morgan fingerprint density at radius 2 is 1.33 bits per heavy atom. The average molecular weight is 453 g/mol. The van der Waals surface area contributed by atoms with Gasteiger partial charge < -0.3 is 19.3 Å². The summed E-state index contributed by atoms with van der Waals surface area (Å²) < 4.78 is 0. The van der Waals surface area contributed by atoms with E-state index in [9.17, 15) is 0 Å². The maximum atomic E-state index is 7.27. The van der Waals surface area contributed by atoms with Gasteiger partial charge in [0, 0.05) is 72.3 Å². The quantitative estimate of drug-likeness (QED) is 0.505. The Kier molecular flexibility index (Phi) is 46.2. The molecular weight excluding hydrogens is 436 g/mol.